The molecule has 1 nitrogen and oxygen atoms in total. The molecule has 0 atom stereocenters. The summed E-state index contributed by atoms with van der Waals surface area (Å²) >= 11 is 5.63. The molecule has 0 saturated heterocycles. The first kappa shape index (κ1) is 11.2. The van der Waals surface area contributed by atoms with Crippen LogP contribution in [0.15, 0.2) is 18.2 Å². The van der Waals surface area contributed by atoms with Crippen molar-refractivity contribution in [2.75, 3.05) is 12.4 Å². The van der Waals surface area contributed by atoms with Crippen LogP contribution in [-0.2, 0) is 0 Å². The Morgan fingerprint density at radius 2 is 1.92 bits per heavy atom. The number of anilines is 1. The fourth-order valence-corrected chi connectivity index (χ4v) is 0.994. The van der Waals surface area contributed by atoms with Crippen LogP contribution in [0.2, 0.25) is 5.02 Å². The molecule has 0 aliphatic heterocycles. The summed E-state index contributed by atoms with van der Waals surface area (Å²) in [4.78, 5) is 0. The molecule has 1 rings (SSSR count). The third-order valence-electron chi connectivity index (χ3n) is 1.21. The lowest BCUT2D eigenvalue weighted by Crippen LogP contribution is -1.92. The predicted molar refractivity (Wildman–Crippen MR) is 52.3 cm³/mol. The predicted octanol–water partition coefficient (Wildman–Crippen LogP) is 3.55. The van der Waals surface area contributed by atoms with Crippen LogP contribution in [0.3, 0.4) is 0 Å². The van der Waals surface area contributed by atoms with E-state index in [4.69, 9.17) is 11.6 Å². The first-order chi connectivity index (χ1) is 5.75. The van der Waals surface area contributed by atoms with E-state index in [0.717, 1.165) is 0 Å². The summed E-state index contributed by atoms with van der Waals surface area (Å²) in [6.07, 6.45) is 0. The number of nitrogens with one attached hydrogen (secondary N) is 1. The zero-order valence-corrected chi connectivity index (χ0v) is 8.24. The Morgan fingerprint density at radius 3 is 2.25 bits per heavy atom. The Morgan fingerprint density at radius 1 is 1.33 bits per heavy atom. The highest BCUT2D eigenvalue weighted by Gasteiger charge is 2.01. The van der Waals surface area contributed by atoms with Gasteiger partial charge in [0.1, 0.15) is 5.82 Å². The Hall–Kier alpha value is -0.760. The average Bonchev–Trinajstić information content (AvgIpc) is 2.08. The van der Waals surface area contributed by atoms with E-state index in [0.29, 0.717) is 10.7 Å². The van der Waals surface area contributed by atoms with Gasteiger partial charge in [-0.2, -0.15) is 0 Å². The third-order valence-corrected chi connectivity index (χ3v) is 1.53. The summed E-state index contributed by atoms with van der Waals surface area (Å²) in [6.45, 7) is 4.00. The monoisotopic (exact) mass is 189 g/mol. The van der Waals surface area contributed by atoms with Gasteiger partial charge < -0.3 is 5.32 Å². The van der Waals surface area contributed by atoms with Gasteiger partial charge in [0.05, 0.1) is 10.7 Å². The van der Waals surface area contributed by atoms with E-state index in [2.05, 4.69) is 5.32 Å². The molecular formula is C9H13ClFN. The molecule has 0 unspecified atom stereocenters. The van der Waals surface area contributed by atoms with Crippen LogP contribution in [0, 0.1) is 5.82 Å². The highest BCUT2D eigenvalue weighted by Crippen LogP contribution is 2.23. The van der Waals surface area contributed by atoms with Crippen molar-refractivity contribution in [1.29, 1.82) is 0 Å². The molecule has 0 saturated carbocycles. The van der Waals surface area contributed by atoms with E-state index in [1.807, 2.05) is 13.8 Å². The van der Waals surface area contributed by atoms with Gasteiger partial charge in [-0.1, -0.05) is 31.5 Å². The van der Waals surface area contributed by atoms with Crippen molar-refractivity contribution in [2.45, 2.75) is 13.8 Å². The molecule has 0 spiro atoms. The van der Waals surface area contributed by atoms with Gasteiger partial charge in [0.2, 0.25) is 0 Å². The van der Waals surface area contributed by atoms with Crippen LogP contribution < -0.4 is 5.32 Å². The highest BCUT2D eigenvalue weighted by molar-refractivity contribution is 6.33. The Balaban J connectivity index is 0.000000561. The maximum Gasteiger partial charge on any atom is 0.147 e. The summed E-state index contributed by atoms with van der Waals surface area (Å²) < 4.78 is 12.7. The number of hydrogen-bond acceptors (Lipinski definition) is 1. The number of rotatable bonds is 1. The average molecular weight is 190 g/mol. The summed E-state index contributed by atoms with van der Waals surface area (Å²) in [5.41, 5.74) is 0.351. The normalized spacial score (nSPS) is 8.42. The van der Waals surface area contributed by atoms with E-state index in [9.17, 15) is 4.39 Å². The number of para-hydroxylation sites is 1. The minimum atomic E-state index is -0.324. The molecule has 0 amide bonds. The number of hydrogen-bond donors (Lipinski definition) is 1. The van der Waals surface area contributed by atoms with E-state index in [-0.39, 0.29) is 5.82 Å². The van der Waals surface area contributed by atoms with Crippen molar-refractivity contribution in [2.24, 2.45) is 0 Å². The number of benzene rings is 1. The summed E-state index contributed by atoms with van der Waals surface area (Å²) in [7, 11) is 1.63. The molecule has 0 radical (unpaired) electrons. The van der Waals surface area contributed by atoms with E-state index in [1.165, 1.54) is 6.07 Å². The van der Waals surface area contributed by atoms with Crippen LogP contribution in [0.4, 0.5) is 10.1 Å². The topological polar surface area (TPSA) is 12.0 Å². The maximum atomic E-state index is 12.7. The lowest BCUT2D eigenvalue weighted by Gasteiger charge is -2.02. The van der Waals surface area contributed by atoms with Crippen LogP contribution in [0.25, 0.3) is 0 Å². The maximum absolute atomic E-state index is 12.7. The first-order valence-corrected chi connectivity index (χ1v) is 4.25. The molecule has 0 aromatic heterocycles. The van der Waals surface area contributed by atoms with Gasteiger partial charge in [-0.05, 0) is 12.1 Å². The molecule has 0 aliphatic rings. The minimum Gasteiger partial charge on any atom is -0.385 e. The SMILES string of the molecule is CC.CNc1c(F)cccc1Cl. The second-order valence-corrected chi connectivity index (χ2v) is 2.25. The molecule has 0 aliphatic carbocycles. The molecule has 0 heterocycles. The molecule has 0 bridgehead atoms. The van der Waals surface area contributed by atoms with E-state index >= 15 is 0 Å². The number of halogens is 2. The van der Waals surface area contributed by atoms with Gasteiger partial charge in [0.25, 0.3) is 0 Å². The third kappa shape index (κ3) is 2.70. The van der Waals surface area contributed by atoms with Crippen molar-refractivity contribution >= 4 is 17.3 Å². The lowest BCUT2D eigenvalue weighted by molar-refractivity contribution is 0.631. The molecule has 12 heavy (non-hydrogen) atoms. The summed E-state index contributed by atoms with van der Waals surface area (Å²) in [6, 6.07) is 4.56. The van der Waals surface area contributed by atoms with E-state index in [1.54, 1.807) is 19.2 Å². The second-order valence-electron chi connectivity index (χ2n) is 1.85. The van der Waals surface area contributed by atoms with Crippen LogP contribution in [-0.4, -0.2) is 7.05 Å². The van der Waals surface area contributed by atoms with Gasteiger partial charge >= 0.3 is 0 Å². The minimum absolute atomic E-state index is 0.324. The van der Waals surface area contributed by atoms with Crippen molar-refractivity contribution in [3.63, 3.8) is 0 Å². The molecular weight excluding hydrogens is 177 g/mol. The van der Waals surface area contributed by atoms with Crippen molar-refractivity contribution in [1.82, 2.24) is 0 Å². The largest absolute Gasteiger partial charge is 0.385 e. The van der Waals surface area contributed by atoms with Crippen LogP contribution in [0.1, 0.15) is 13.8 Å². The standard InChI is InChI=1S/C7H7ClFN.C2H6/c1-10-7-5(8)3-2-4-6(7)9;1-2/h2-4,10H,1H3;1-2H3. The molecule has 3 heteroatoms. The fourth-order valence-electron chi connectivity index (χ4n) is 0.737. The van der Waals surface area contributed by atoms with Gasteiger partial charge in [-0.25, -0.2) is 4.39 Å². The summed E-state index contributed by atoms with van der Waals surface area (Å²) in [5, 5.41) is 3.06. The van der Waals surface area contributed by atoms with Gasteiger partial charge in [-0.3, -0.25) is 0 Å². The Labute approximate surface area is 77.6 Å². The Kier molecular flexibility index (Phi) is 5.47. The molecule has 0 fully saturated rings. The first-order valence-electron chi connectivity index (χ1n) is 3.87. The van der Waals surface area contributed by atoms with Crippen molar-refractivity contribution in [3.05, 3.63) is 29.0 Å². The quantitative estimate of drug-likeness (QED) is 0.713. The zero-order chi connectivity index (χ0) is 9.56. The lowest BCUT2D eigenvalue weighted by atomic mass is 10.3. The molecule has 68 valence electrons. The molecule has 1 aromatic rings. The summed E-state index contributed by atoms with van der Waals surface area (Å²) in [5.74, 6) is -0.324. The molecule has 1 N–H and O–H groups in total. The molecule has 1 aromatic carbocycles. The van der Waals surface area contributed by atoms with Crippen LogP contribution in [0.5, 0.6) is 0 Å². The van der Waals surface area contributed by atoms with Gasteiger partial charge in [0.15, 0.2) is 0 Å². The van der Waals surface area contributed by atoms with Gasteiger partial charge in [-0.15, -0.1) is 0 Å². The van der Waals surface area contributed by atoms with E-state index < -0.39 is 0 Å². The second kappa shape index (κ2) is 5.84. The van der Waals surface area contributed by atoms with Gasteiger partial charge in [0, 0.05) is 7.05 Å². The highest BCUT2D eigenvalue weighted by atomic mass is 35.5. The fraction of sp³-hybridized carbons (Fsp3) is 0.333. The van der Waals surface area contributed by atoms with Crippen molar-refractivity contribution < 1.29 is 4.39 Å². The Bertz CT molecular complexity index is 218. The smallest absolute Gasteiger partial charge is 0.147 e. The van der Waals surface area contributed by atoms with Crippen molar-refractivity contribution in [3.8, 4) is 0 Å². The zero-order valence-electron chi connectivity index (χ0n) is 7.49. The van der Waals surface area contributed by atoms with Crippen LogP contribution >= 0.6 is 11.6 Å².